The zero-order valence-electron chi connectivity index (χ0n) is 45.8. The largest absolute Gasteiger partial charge is 0.462 e. The molecule has 0 unspecified atom stereocenters. The molecule has 0 fully saturated rings. The number of rotatable bonds is 32. The normalized spacial score (nSPS) is 20.8. The van der Waals surface area contributed by atoms with E-state index in [2.05, 4.69) is 174 Å². The summed E-state index contributed by atoms with van der Waals surface area (Å²) in [5, 5.41) is 0. The summed E-state index contributed by atoms with van der Waals surface area (Å²) in [6.07, 6.45) is 58.3. The third-order valence-electron chi connectivity index (χ3n) is 13.8. The van der Waals surface area contributed by atoms with Crippen molar-refractivity contribution < 1.29 is 19.1 Å². The van der Waals surface area contributed by atoms with Crippen LogP contribution in [0.4, 0.5) is 0 Å². The molecule has 2 aliphatic carbocycles. The zero-order valence-corrected chi connectivity index (χ0v) is 45.8. The minimum Gasteiger partial charge on any atom is -0.462 e. The second-order valence-corrected chi connectivity index (χ2v) is 21.8. The summed E-state index contributed by atoms with van der Waals surface area (Å²) >= 11 is 0. The van der Waals surface area contributed by atoms with E-state index in [1.807, 2.05) is 0 Å². The second kappa shape index (κ2) is 34.4. The first kappa shape index (κ1) is 60.2. The van der Waals surface area contributed by atoms with Crippen molar-refractivity contribution in [3.05, 3.63) is 130 Å². The highest BCUT2D eigenvalue weighted by Crippen LogP contribution is 2.44. The van der Waals surface area contributed by atoms with Gasteiger partial charge in [0.2, 0.25) is 0 Å². The first-order chi connectivity index (χ1) is 32.5. The molecule has 68 heavy (non-hydrogen) atoms. The Morgan fingerprint density at radius 1 is 0.559 bits per heavy atom. The smallest absolute Gasteiger partial charge is 0.306 e. The van der Waals surface area contributed by atoms with Crippen LogP contribution in [0.5, 0.6) is 0 Å². The van der Waals surface area contributed by atoms with Crippen molar-refractivity contribution in [1.82, 2.24) is 0 Å². The van der Waals surface area contributed by atoms with E-state index in [-0.39, 0.29) is 35.0 Å². The molecule has 0 amide bonds. The van der Waals surface area contributed by atoms with E-state index in [1.165, 1.54) is 129 Å². The lowest BCUT2D eigenvalue weighted by Crippen LogP contribution is -2.34. The molecule has 2 aliphatic rings. The lowest BCUT2D eigenvalue weighted by atomic mass is 9.67. The lowest BCUT2D eigenvalue weighted by molar-refractivity contribution is -0.151. The Hall–Kier alpha value is -3.92. The molecule has 3 atom stereocenters. The van der Waals surface area contributed by atoms with Gasteiger partial charge in [-0.15, -0.1) is 0 Å². The minimum absolute atomic E-state index is 0.00236. The average Bonchev–Trinajstić information content (AvgIpc) is 3.25. The second-order valence-electron chi connectivity index (χ2n) is 21.8. The Bertz CT molecular complexity index is 1840. The summed E-state index contributed by atoms with van der Waals surface area (Å²) in [7, 11) is 0. The maximum Gasteiger partial charge on any atom is 0.306 e. The summed E-state index contributed by atoms with van der Waals surface area (Å²) in [4.78, 5) is 25.3. The van der Waals surface area contributed by atoms with E-state index in [9.17, 15) is 9.59 Å². The summed E-state index contributed by atoms with van der Waals surface area (Å²) in [5.41, 5.74) is 8.63. The monoisotopic (exact) mass is 933 g/mol. The van der Waals surface area contributed by atoms with E-state index in [0.717, 1.165) is 44.9 Å². The van der Waals surface area contributed by atoms with Crippen LogP contribution in [0, 0.1) is 16.7 Å². The summed E-state index contributed by atoms with van der Waals surface area (Å²) in [6.45, 7) is 26.5. The van der Waals surface area contributed by atoms with Crippen LogP contribution in [0.25, 0.3) is 0 Å². The number of esters is 2. The van der Waals surface area contributed by atoms with Crippen LogP contribution in [0.1, 0.15) is 231 Å². The molecule has 0 aromatic carbocycles. The zero-order chi connectivity index (χ0) is 50.2. The van der Waals surface area contributed by atoms with Crippen LogP contribution in [-0.2, 0) is 19.1 Å². The number of carbonyl (C=O) groups excluding carboxylic acids is 2. The van der Waals surface area contributed by atoms with Crippen molar-refractivity contribution in [1.29, 1.82) is 0 Å². The Balaban J connectivity index is 1.80. The highest BCUT2D eigenvalue weighted by Gasteiger charge is 2.37. The third kappa shape index (κ3) is 26.7. The molecule has 0 bridgehead atoms. The van der Waals surface area contributed by atoms with Gasteiger partial charge in [-0.05, 0) is 89.7 Å². The fraction of sp³-hybridized carbons (Fsp3) is 0.625. The first-order valence-electron chi connectivity index (χ1n) is 27.3. The van der Waals surface area contributed by atoms with Crippen LogP contribution in [-0.4, -0.2) is 24.1 Å². The predicted molar refractivity (Wildman–Crippen MR) is 296 cm³/mol. The Labute approximate surface area is 419 Å². The molecule has 380 valence electrons. The number of unbranched alkanes of at least 4 members (excludes halogenated alkanes) is 16. The standard InChI is InChI=1S/C64H100O4/c1-13-15-17-19-21-23-25-27-29-41-61(65)67-57-47-55(7)59(63(9,10)49-57)45-43-53(5)39-33-37-51(3)35-31-32-36-52(4)38-34-40-54(6)44-46-60-56(8)48-58(50-64(60,11)12)68-62(66)42-30-28-26-24-22-20-18-16-14-2/h31-40,43-47,57-59H,13-30,41-42,48-50H2,1-12H3/b32-31+,37-33+,38-34+,45-43+,46-44+,51-35+,52-36+,53-39+,54-40+/t57-,58+,59-/m0/s1. The summed E-state index contributed by atoms with van der Waals surface area (Å²) in [5.74, 6) is 0.216. The average molecular weight is 933 g/mol. The van der Waals surface area contributed by atoms with Gasteiger partial charge in [-0.25, -0.2) is 0 Å². The fourth-order valence-corrected chi connectivity index (χ4v) is 9.87. The Morgan fingerprint density at radius 2 is 0.985 bits per heavy atom. The van der Waals surface area contributed by atoms with Crippen molar-refractivity contribution in [2.75, 3.05) is 0 Å². The molecule has 0 aliphatic heterocycles. The molecular formula is C64H100O4. The maximum absolute atomic E-state index is 12.7. The van der Waals surface area contributed by atoms with Gasteiger partial charge in [0.25, 0.3) is 0 Å². The van der Waals surface area contributed by atoms with Crippen molar-refractivity contribution in [3.63, 3.8) is 0 Å². The van der Waals surface area contributed by atoms with Crippen LogP contribution in [0.15, 0.2) is 130 Å². The molecule has 0 aromatic heterocycles. The predicted octanol–water partition coefficient (Wildman–Crippen LogP) is 19.3. The van der Waals surface area contributed by atoms with Crippen LogP contribution >= 0.6 is 0 Å². The Kier molecular flexibility index (Phi) is 30.4. The molecular weight excluding hydrogens is 833 g/mol. The van der Waals surface area contributed by atoms with E-state index >= 15 is 0 Å². The van der Waals surface area contributed by atoms with E-state index in [4.69, 9.17) is 9.47 Å². The summed E-state index contributed by atoms with van der Waals surface area (Å²) in [6, 6.07) is 0. The molecule has 0 aromatic rings. The van der Waals surface area contributed by atoms with Gasteiger partial charge in [-0.2, -0.15) is 0 Å². The number of hydrogen-bond donors (Lipinski definition) is 0. The number of hydrogen-bond acceptors (Lipinski definition) is 4. The molecule has 0 spiro atoms. The number of carbonyl (C=O) groups is 2. The molecule has 0 N–H and O–H groups in total. The SMILES string of the molecule is CCCCCCCCCCCC(=O)O[C@@H]1CC(C)=C(/C=C/C(C)=C/C=C/C(C)=C/C=C/C=C(C)/C=C/C=C(C)/C=C/[C@H]2C(C)=C[C@H](OC(=O)CCCCCCCCCCC)CC2(C)C)C(C)(C)C1. The van der Waals surface area contributed by atoms with Gasteiger partial charge >= 0.3 is 11.9 Å². The van der Waals surface area contributed by atoms with Gasteiger partial charge < -0.3 is 9.47 Å². The van der Waals surface area contributed by atoms with Gasteiger partial charge in [0.1, 0.15) is 12.2 Å². The highest BCUT2D eigenvalue weighted by atomic mass is 16.5. The van der Waals surface area contributed by atoms with Crippen molar-refractivity contribution in [3.8, 4) is 0 Å². The van der Waals surface area contributed by atoms with Crippen molar-refractivity contribution in [2.45, 2.75) is 243 Å². The van der Waals surface area contributed by atoms with E-state index in [0.29, 0.717) is 18.8 Å². The minimum atomic E-state index is -0.141. The number of ether oxygens (including phenoxy) is 2. The molecule has 0 saturated heterocycles. The molecule has 0 saturated carbocycles. The van der Waals surface area contributed by atoms with E-state index < -0.39 is 0 Å². The lowest BCUT2D eigenvalue weighted by Gasteiger charge is -2.40. The Morgan fingerprint density at radius 3 is 1.46 bits per heavy atom. The molecule has 0 radical (unpaired) electrons. The van der Waals surface area contributed by atoms with Crippen molar-refractivity contribution in [2.24, 2.45) is 16.7 Å². The third-order valence-corrected chi connectivity index (χ3v) is 13.8. The maximum atomic E-state index is 12.7. The first-order valence-corrected chi connectivity index (χ1v) is 27.3. The van der Waals surface area contributed by atoms with Gasteiger partial charge in [0.15, 0.2) is 0 Å². The van der Waals surface area contributed by atoms with Crippen LogP contribution in [0.3, 0.4) is 0 Å². The van der Waals surface area contributed by atoms with Gasteiger partial charge in [-0.1, -0.05) is 263 Å². The van der Waals surface area contributed by atoms with Gasteiger partial charge in [0.05, 0.1) is 0 Å². The fourth-order valence-electron chi connectivity index (χ4n) is 9.87. The number of allylic oxidation sites excluding steroid dienone is 20. The van der Waals surface area contributed by atoms with Crippen LogP contribution in [0.2, 0.25) is 0 Å². The van der Waals surface area contributed by atoms with Gasteiger partial charge in [0, 0.05) is 25.2 Å². The highest BCUT2D eigenvalue weighted by molar-refractivity contribution is 5.70. The van der Waals surface area contributed by atoms with Crippen LogP contribution < -0.4 is 0 Å². The van der Waals surface area contributed by atoms with E-state index in [1.54, 1.807) is 0 Å². The molecule has 4 heteroatoms. The van der Waals surface area contributed by atoms with Crippen molar-refractivity contribution >= 4 is 11.9 Å². The molecule has 0 heterocycles. The topological polar surface area (TPSA) is 52.6 Å². The quantitative estimate of drug-likeness (QED) is 0.0292. The molecule has 2 rings (SSSR count). The molecule has 4 nitrogen and oxygen atoms in total. The summed E-state index contributed by atoms with van der Waals surface area (Å²) < 4.78 is 12.0. The van der Waals surface area contributed by atoms with Gasteiger partial charge in [-0.3, -0.25) is 9.59 Å².